The summed E-state index contributed by atoms with van der Waals surface area (Å²) >= 11 is 7.65. The Hall–Kier alpha value is -0.420. The number of halogens is 1. The van der Waals surface area contributed by atoms with Gasteiger partial charge in [0.25, 0.3) is 0 Å². The van der Waals surface area contributed by atoms with Crippen LogP contribution in [0.25, 0.3) is 0 Å². The number of nitrogens with two attached hydrogens (primary N) is 1. The Balaban J connectivity index is 2.06. The number of hydrogen-bond donors (Lipinski definition) is 2. The number of benzene rings is 1. The molecular formula is C10H14ClN3S. The minimum Gasteiger partial charge on any atom is -0.397 e. The molecule has 1 aromatic rings. The maximum absolute atomic E-state index is 5.96. The van der Waals surface area contributed by atoms with Crippen molar-refractivity contribution in [3.8, 4) is 0 Å². The van der Waals surface area contributed by atoms with Crippen molar-refractivity contribution in [3.63, 3.8) is 0 Å². The number of hydrogen-bond acceptors (Lipinski definition) is 4. The molecule has 15 heavy (non-hydrogen) atoms. The van der Waals surface area contributed by atoms with Gasteiger partial charge < -0.3 is 11.1 Å². The van der Waals surface area contributed by atoms with Crippen molar-refractivity contribution in [3.05, 3.63) is 23.2 Å². The third kappa shape index (κ3) is 2.78. The van der Waals surface area contributed by atoms with Gasteiger partial charge in [-0.2, -0.15) is 0 Å². The zero-order valence-electron chi connectivity index (χ0n) is 8.37. The van der Waals surface area contributed by atoms with Gasteiger partial charge in [-0.05, 0) is 24.1 Å². The highest BCUT2D eigenvalue weighted by Crippen LogP contribution is 2.32. The zero-order chi connectivity index (χ0) is 10.7. The summed E-state index contributed by atoms with van der Waals surface area (Å²) in [5.74, 6) is 0. The molecule has 1 aromatic carbocycles. The normalized spacial score (nSPS) is 17.9. The summed E-state index contributed by atoms with van der Waals surface area (Å²) in [5, 5.41) is 3.95. The molecule has 82 valence electrons. The van der Waals surface area contributed by atoms with E-state index in [0.29, 0.717) is 10.7 Å². The molecule has 3 nitrogen and oxygen atoms in total. The smallest absolute Gasteiger partial charge is 0.0654 e. The van der Waals surface area contributed by atoms with Crippen LogP contribution in [-0.2, 0) is 0 Å². The fourth-order valence-electron chi connectivity index (χ4n) is 1.47. The first-order valence-electron chi connectivity index (χ1n) is 4.95. The molecule has 0 aromatic heterocycles. The number of nitrogen functional groups attached to an aromatic ring is 1. The molecule has 1 fully saturated rings. The number of nitrogens with zero attached hydrogens (tertiary/aromatic N) is 1. The minimum atomic E-state index is 0.634. The molecule has 0 spiro atoms. The highest BCUT2D eigenvalue weighted by molar-refractivity contribution is 7.97. The van der Waals surface area contributed by atoms with Crippen molar-refractivity contribution < 1.29 is 0 Å². The summed E-state index contributed by atoms with van der Waals surface area (Å²) in [6.45, 7) is 4.15. The van der Waals surface area contributed by atoms with E-state index in [-0.39, 0.29) is 0 Å². The van der Waals surface area contributed by atoms with E-state index in [1.807, 2.05) is 18.2 Å². The fraction of sp³-hybridized carbons (Fsp3) is 0.400. The molecule has 2 rings (SSSR count). The van der Waals surface area contributed by atoms with Gasteiger partial charge in [0.1, 0.15) is 0 Å². The molecule has 3 N–H and O–H groups in total. The first-order chi connectivity index (χ1) is 7.27. The van der Waals surface area contributed by atoms with Crippen LogP contribution >= 0.6 is 23.5 Å². The van der Waals surface area contributed by atoms with Gasteiger partial charge in [0, 0.05) is 31.1 Å². The second-order valence-corrected chi connectivity index (χ2v) is 4.97. The largest absolute Gasteiger partial charge is 0.397 e. The molecule has 5 heteroatoms. The minimum absolute atomic E-state index is 0.634. The number of anilines is 1. The predicted octanol–water partition coefficient (Wildman–Crippen LogP) is 1.83. The van der Waals surface area contributed by atoms with Crippen molar-refractivity contribution in [2.75, 3.05) is 31.9 Å². The third-order valence-electron chi connectivity index (χ3n) is 2.32. The van der Waals surface area contributed by atoms with E-state index in [4.69, 9.17) is 17.3 Å². The lowest BCUT2D eigenvalue weighted by atomic mass is 10.3. The van der Waals surface area contributed by atoms with E-state index in [1.165, 1.54) is 0 Å². The Morgan fingerprint density at radius 2 is 2.07 bits per heavy atom. The molecule has 1 saturated heterocycles. The second-order valence-electron chi connectivity index (χ2n) is 3.42. The van der Waals surface area contributed by atoms with E-state index in [9.17, 15) is 0 Å². The summed E-state index contributed by atoms with van der Waals surface area (Å²) < 4.78 is 2.30. The first kappa shape index (κ1) is 11.1. The van der Waals surface area contributed by atoms with Crippen molar-refractivity contribution in [2.45, 2.75) is 4.90 Å². The molecule has 0 atom stereocenters. The Labute approximate surface area is 99.1 Å². The molecule has 0 aliphatic carbocycles. The lowest BCUT2D eigenvalue weighted by Gasteiger charge is -2.26. The fourth-order valence-corrected chi connectivity index (χ4v) is 2.69. The lowest BCUT2D eigenvalue weighted by molar-refractivity contribution is 0.396. The second kappa shape index (κ2) is 5.07. The average molecular weight is 244 g/mol. The Kier molecular flexibility index (Phi) is 3.75. The van der Waals surface area contributed by atoms with Gasteiger partial charge in [0.2, 0.25) is 0 Å². The Morgan fingerprint density at radius 1 is 1.33 bits per heavy atom. The molecule has 0 unspecified atom stereocenters. The van der Waals surface area contributed by atoms with Gasteiger partial charge in [0.15, 0.2) is 0 Å². The molecule has 1 aliphatic rings. The maximum Gasteiger partial charge on any atom is 0.0654 e. The quantitative estimate of drug-likeness (QED) is 0.614. The molecule has 0 bridgehead atoms. The summed E-state index contributed by atoms with van der Waals surface area (Å²) in [6.07, 6.45) is 0. The van der Waals surface area contributed by atoms with Crippen molar-refractivity contribution in [1.29, 1.82) is 0 Å². The van der Waals surface area contributed by atoms with E-state index >= 15 is 0 Å². The molecule has 0 amide bonds. The SMILES string of the molecule is Nc1c(Cl)cccc1SN1CCNCC1. The summed E-state index contributed by atoms with van der Waals surface area (Å²) in [4.78, 5) is 1.05. The summed E-state index contributed by atoms with van der Waals surface area (Å²) in [5.41, 5.74) is 6.59. The number of piperazine rings is 1. The first-order valence-corrected chi connectivity index (χ1v) is 6.10. The molecule has 0 saturated carbocycles. The van der Waals surface area contributed by atoms with Gasteiger partial charge in [-0.15, -0.1) is 0 Å². The molecule has 1 heterocycles. The van der Waals surface area contributed by atoms with Gasteiger partial charge in [-0.25, -0.2) is 4.31 Å². The summed E-state index contributed by atoms with van der Waals surface area (Å²) in [7, 11) is 0. The maximum atomic E-state index is 5.96. The van der Waals surface area contributed by atoms with E-state index in [2.05, 4.69) is 9.62 Å². The van der Waals surface area contributed by atoms with Crippen molar-refractivity contribution in [1.82, 2.24) is 9.62 Å². The highest BCUT2D eigenvalue weighted by Gasteiger charge is 2.13. The summed E-state index contributed by atoms with van der Waals surface area (Å²) in [6, 6.07) is 5.76. The van der Waals surface area contributed by atoms with E-state index < -0.39 is 0 Å². The third-order valence-corrected chi connectivity index (χ3v) is 3.82. The number of rotatable bonds is 2. The monoisotopic (exact) mass is 243 g/mol. The van der Waals surface area contributed by atoms with Gasteiger partial charge >= 0.3 is 0 Å². The van der Waals surface area contributed by atoms with Gasteiger partial charge in [-0.3, -0.25) is 0 Å². The Bertz CT molecular complexity index is 339. The van der Waals surface area contributed by atoms with E-state index in [1.54, 1.807) is 11.9 Å². The van der Waals surface area contributed by atoms with Crippen LogP contribution in [0, 0.1) is 0 Å². The number of para-hydroxylation sites is 1. The van der Waals surface area contributed by atoms with Crippen LogP contribution in [0.5, 0.6) is 0 Å². The average Bonchev–Trinajstić information content (AvgIpc) is 2.26. The molecule has 0 radical (unpaired) electrons. The van der Waals surface area contributed by atoms with Gasteiger partial charge in [0.05, 0.1) is 10.7 Å². The molecular weight excluding hydrogens is 230 g/mol. The molecule has 1 aliphatic heterocycles. The lowest BCUT2D eigenvalue weighted by Crippen LogP contribution is -2.39. The van der Waals surface area contributed by atoms with Gasteiger partial charge in [-0.1, -0.05) is 17.7 Å². The van der Waals surface area contributed by atoms with Crippen LogP contribution in [0.1, 0.15) is 0 Å². The zero-order valence-corrected chi connectivity index (χ0v) is 9.94. The van der Waals surface area contributed by atoms with Crippen LogP contribution in [0.3, 0.4) is 0 Å². The van der Waals surface area contributed by atoms with Crippen LogP contribution in [-0.4, -0.2) is 30.5 Å². The topological polar surface area (TPSA) is 41.3 Å². The Morgan fingerprint density at radius 3 is 2.80 bits per heavy atom. The predicted molar refractivity (Wildman–Crippen MR) is 66.2 cm³/mol. The van der Waals surface area contributed by atoms with Crippen LogP contribution in [0.15, 0.2) is 23.1 Å². The van der Waals surface area contributed by atoms with Crippen LogP contribution in [0.4, 0.5) is 5.69 Å². The van der Waals surface area contributed by atoms with Crippen LogP contribution < -0.4 is 11.1 Å². The van der Waals surface area contributed by atoms with E-state index in [0.717, 1.165) is 31.1 Å². The standard InChI is InChI=1S/C10H14ClN3S/c11-8-2-1-3-9(10(8)12)15-14-6-4-13-5-7-14/h1-3,13H,4-7,12H2. The number of nitrogens with one attached hydrogen (secondary N) is 1. The van der Waals surface area contributed by atoms with Crippen molar-refractivity contribution in [2.24, 2.45) is 0 Å². The van der Waals surface area contributed by atoms with Crippen molar-refractivity contribution >= 4 is 29.2 Å². The highest BCUT2D eigenvalue weighted by atomic mass is 35.5. The van der Waals surface area contributed by atoms with Crippen LogP contribution in [0.2, 0.25) is 5.02 Å².